The number of anilines is 1. The number of carboxylic acids is 1. The van der Waals surface area contributed by atoms with Crippen LogP contribution in [0.15, 0.2) is 12.1 Å². The summed E-state index contributed by atoms with van der Waals surface area (Å²) in [4.78, 5) is 34.9. The molecular weight excluding hydrogens is 306 g/mol. The second-order valence-electron chi connectivity index (χ2n) is 5.04. The smallest absolute Gasteiger partial charge is 0.341 e. The van der Waals surface area contributed by atoms with Crippen molar-refractivity contribution in [3.63, 3.8) is 0 Å². The van der Waals surface area contributed by atoms with E-state index in [1.165, 1.54) is 17.0 Å². The van der Waals surface area contributed by atoms with Gasteiger partial charge in [-0.3, -0.25) is 14.9 Å². The van der Waals surface area contributed by atoms with Gasteiger partial charge in [0.1, 0.15) is 11.4 Å². The van der Waals surface area contributed by atoms with Crippen LogP contribution in [0.1, 0.15) is 18.4 Å². The third-order valence-corrected chi connectivity index (χ3v) is 3.52. The number of aliphatic carboxylic acids is 1. The van der Waals surface area contributed by atoms with Crippen LogP contribution in [0.25, 0.3) is 0 Å². The summed E-state index contributed by atoms with van der Waals surface area (Å²) in [7, 11) is 0. The number of carbonyl (C=O) groups excluding carboxylic acids is 1. The predicted octanol–water partition coefficient (Wildman–Crippen LogP) is 0.686. The minimum Gasteiger partial charge on any atom is -0.482 e. The molecule has 0 radical (unpaired) electrons. The van der Waals surface area contributed by atoms with Crippen molar-refractivity contribution >= 4 is 23.3 Å². The number of carbonyl (C=O) groups is 2. The molecule has 0 aliphatic carbocycles. The molecule has 124 valence electrons. The van der Waals surface area contributed by atoms with Crippen LogP contribution in [0.3, 0.4) is 0 Å². The third-order valence-electron chi connectivity index (χ3n) is 3.52. The van der Waals surface area contributed by atoms with Gasteiger partial charge in [0.15, 0.2) is 6.61 Å². The van der Waals surface area contributed by atoms with E-state index in [1.807, 2.05) is 0 Å². The van der Waals surface area contributed by atoms with Crippen LogP contribution < -0.4 is 15.4 Å². The average molecular weight is 323 g/mol. The van der Waals surface area contributed by atoms with Gasteiger partial charge >= 0.3 is 5.97 Å². The fraction of sp³-hybridized carbons (Fsp3) is 0.429. The van der Waals surface area contributed by atoms with Crippen molar-refractivity contribution in [1.82, 2.24) is 0 Å². The molecule has 0 aromatic heterocycles. The minimum absolute atomic E-state index is 0.193. The largest absolute Gasteiger partial charge is 0.482 e. The van der Waals surface area contributed by atoms with Gasteiger partial charge in [0.05, 0.1) is 4.92 Å². The number of nitrogens with zero attached hydrogens (tertiary/aromatic N) is 2. The lowest BCUT2D eigenvalue weighted by molar-refractivity contribution is -0.384. The van der Waals surface area contributed by atoms with Gasteiger partial charge in [-0.1, -0.05) is 0 Å². The molecule has 0 fully saturated rings. The summed E-state index contributed by atoms with van der Waals surface area (Å²) in [5.41, 5.74) is 5.87. The molecule has 0 spiro atoms. The topological polar surface area (TPSA) is 136 Å². The Hall–Kier alpha value is -2.68. The normalized spacial score (nSPS) is 12.8. The first kappa shape index (κ1) is 16.7. The molecule has 2 rings (SSSR count). The van der Waals surface area contributed by atoms with Gasteiger partial charge in [-0.15, -0.1) is 0 Å². The van der Waals surface area contributed by atoms with Crippen LogP contribution in [-0.4, -0.2) is 41.6 Å². The third kappa shape index (κ3) is 3.57. The van der Waals surface area contributed by atoms with E-state index in [0.717, 1.165) is 0 Å². The van der Waals surface area contributed by atoms with Crippen molar-refractivity contribution in [2.45, 2.75) is 19.3 Å². The van der Waals surface area contributed by atoms with Crippen molar-refractivity contribution in [3.8, 4) is 5.75 Å². The maximum atomic E-state index is 12.2. The number of nitrogens with two attached hydrogens (primary N) is 1. The molecule has 1 aliphatic rings. The van der Waals surface area contributed by atoms with E-state index in [4.69, 9.17) is 15.6 Å². The number of carboxylic acid groups (broad SMARTS) is 1. The SMILES string of the molecule is NCCCC(=O)N1CCc2c(OCC(=O)O)ccc([N+](=O)[O-])c21. The number of hydrogen-bond donors (Lipinski definition) is 2. The number of rotatable bonds is 7. The summed E-state index contributed by atoms with van der Waals surface area (Å²) >= 11 is 0. The summed E-state index contributed by atoms with van der Waals surface area (Å²) in [5, 5.41) is 19.9. The lowest BCUT2D eigenvalue weighted by atomic mass is 10.1. The second kappa shape index (κ2) is 7.05. The van der Waals surface area contributed by atoms with Crippen molar-refractivity contribution < 1.29 is 24.4 Å². The minimum atomic E-state index is -1.15. The Bertz CT molecular complexity index is 646. The molecule has 1 heterocycles. The number of benzene rings is 1. The van der Waals surface area contributed by atoms with E-state index in [2.05, 4.69) is 0 Å². The zero-order chi connectivity index (χ0) is 17.0. The number of hydrogen-bond acceptors (Lipinski definition) is 6. The van der Waals surface area contributed by atoms with Gasteiger partial charge in [-0.2, -0.15) is 0 Å². The fourth-order valence-electron chi connectivity index (χ4n) is 2.54. The first-order valence-electron chi connectivity index (χ1n) is 7.11. The van der Waals surface area contributed by atoms with Gasteiger partial charge in [-0.05, 0) is 25.5 Å². The molecule has 9 nitrogen and oxygen atoms in total. The highest BCUT2D eigenvalue weighted by Crippen LogP contribution is 2.42. The standard InChI is InChI=1S/C14H17N3O6/c15-6-1-2-12(18)16-7-5-9-11(23-8-13(19)20)4-3-10(14(9)16)17(21)22/h3-4H,1-2,5-8,15H2,(H,19,20). The number of nitro benzene ring substituents is 1. The monoisotopic (exact) mass is 323 g/mol. The van der Waals surface area contributed by atoms with Gasteiger partial charge in [0, 0.05) is 24.6 Å². The molecule has 0 saturated carbocycles. The van der Waals surface area contributed by atoms with Crippen LogP contribution in [0.5, 0.6) is 5.75 Å². The van der Waals surface area contributed by atoms with Gasteiger partial charge in [-0.25, -0.2) is 4.79 Å². The Kier molecular flexibility index (Phi) is 5.12. The first-order chi connectivity index (χ1) is 11.0. The average Bonchev–Trinajstić information content (AvgIpc) is 2.95. The number of amides is 1. The number of fused-ring (bicyclic) bond motifs is 1. The number of nitro groups is 1. The van der Waals surface area contributed by atoms with E-state index in [-0.39, 0.29) is 29.5 Å². The van der Waals surface area contributed by atoms with Gasteiger partial charge in [0.25, 0.3) is 5.69 Å². The van der Waals surface area contributed by atoms with E-state index in [1.54, 1.807) is 0 Å². The quantitative estimate of drug-likeness (QED) is 0.556. The van der Waals surface area contributed by atoms with Gasteiger partial charge in [0.2, 0.25) is 5.91 Å². The summed E-state index contributed by atoms with van der Waals surface area (Å²) in [6, 6.07) is 2.60. The maximum absolute atomic E-state index is 12.2. The first-order valence-corrected chi connectivity index (χ1v) is 7.11. The Morgan fingerprint density at radius 1 is 1.43 bits per heavy atom. The Morgan fingerprint density at radius 2 is 2.17 bits per heavy atom. The second-order valence-corrected chi connectivity index (χ2v) is 5.04. The summed E-state index contributed by atoms with van der Waals surface area (Å²) < 4.78 is 5.17. The molecule has 23 heavy (non-hydrogen) atoms. The Morgan fingerprint density at radius 3 is 2.78 bits per heavy atom. The Balaban J connectivity index is 2.38. The molecule has 1 amide bonds. The van der Waals surface area contributed by atoms with Crippen molar-refractivity contribution in [3.05, 3.63) is 27.8 Å². The molecule has 0 saturated heterocycles. The van der Waals surface area contributed by atoms with Crippen LogP contribution in [-0.2, 0) is 16.0 Å². The summed E-state index contributed by atoms with van der Waals surface area (Å²) in [6.45, 7) is 0.106. The highest BCUT2D eigenvalue weighted by atomic mass is 16.6. The zero-order valence-corrected chi connectivity index (χ0v) is 12.4. The van der Waals surface area contributed by atoms with Crippen LogP contribution in [0.2, 0.25) is 0 Å². The molecular formula is C14H17N3O6. The predicted molar refractivity (Wildman–Crippen MR) is 80.6 cm³/mol. The van der Waals surface area contributed by atoms with E-state index < -0.39 is 17.5 Å². The molecule has 0 atom stereocenters. The lowest BCUT2D eigenvalue weighted by Crippen LogP contribution is -2.29. The molecule has 1 aromatic rings. The Labute approximate surface area is 131 Å². The van der Waals surface area contributed by atoms with Crippen LogP contribution in [0, 0.1) is 10.1 Å². The molecule has 1 aromatic carbocycles. The lowest BCUT2D eigenvalue weighted by Gasteiger charge is -2.17. The van der Waals surface area contributed by atoms with E-state index in [0.29, 0.717) is 31.5 Å². The van der Waals surface area contributed by atoms with Crippen molar-refractivity contribution in [1.29, 1.82) is 0 Å². The highest BCUT2D eigenvalue weighted by molar-refractivity contribution is 5.98. The van der Waals surface area contributed by atoms with E-state index >= 15 is 0 Å². The summed E-state index contributed by atoms with van der Waals surface area (Å²) in [6.07, 6.45) is 1.07. The molecule has 3 N–H and O–H groups in total. The molecule has 9 heteroatoms. The zero-order valence-electron chi connectivity index (χ0n) is 12.4. The van der Waals surface area contributed by atoms with Crippen LogP contribution in [0.4, 0.5) is 11.4 Å². The number of ether oxygens (including phenoxy) is 1. The maximum Gasteiger partial charge on any atom is 0.341 e. The summed E-state index contributed by atoms with van der Waals surface area (Å²) in [5.74, 6) is -1.14. The van der Waals surface area contributed by atoms with Crippen molar-refractivity contribution in [2.24, 2.45) is 5.73 Å². The van der Waals surface area contributed by atoms with Gasteiger partial charge < -0.3 is 20.5 Å². The van der Waals surface area contributed by atoms with Crippen LogP contribution >= 0.6 is 0 Å². The molecule has 1 aliphatic heterocycles. The fourth-order valence-corrected chi connectivity index (χ4v) is 2.54. The molecule has 0 unspecified atom stereocenters. The van der Waals surface area contributed by atoms with E-state index in [9.17, 15) is 19.7 Å². The molecule has 0 bridgehead atoms. The van der Waals surface area contributed by atoms with Crippen molar-refractivity contribution in [2.75, 3.05) is 24.6 Å². The highest BCUT2D eigenvalue weighted by Gasteiger charge is 2.34.